The molecule has 1 fully saturated rings. The Balaban J connectivity index is 1.74. The van der Waals surface area contributed by atoms with Gasteiger partial charge in [-0.1, -0.05) is 6.07 Å². The summed E-state index contributed by atoms with van der Waals surface area (Å²) in [6.07, 6.45) is 5.56. The maximum absolute atomic E-state index is 11.0. The smallest absolute Gasteiger partial charge is 0.306 e. The van der Waals surface area contributed by atoms with Crippen LogP contribution in [0, 0.1) is 23.2 Å². The van der Waals surface area contributed by atoms with Crippen LogP contribution in [0.4, 0.5) is 0 Å². The van der Waals surface area contributed by atoms with Crippen LogP contribution >= 0.6 is 0 Å². The van der Waals surface area contributed by atoms with Crippen molar-refractivity contribution < 1.29 is 9.90 Å². The number of carboxylic acid groups (broad SMARTS) is 1. The molecule has 0 unspecified atom stereocenters. The lowest BCUT2D eigenvalue weighted by Gasteiger charge is -2.26. The van der Waals surface area contributed by atoms with Crippen LogP contribution in [0.3, 0.4) is 0 Å². The molecule has 0 aliphatic heterocycles. The van der Waals surface area contributed by atoms with Crippen molar-refractivity contribution >= 4 is 16.9 Å². The zero-order valence-corrected chi connectivity index (χ0v) is 11.8. The normalized spacial score (nSPS) is 22.0. The average molecular weight is 282 g/mol. The molecule has 1 aromatic carbocycles. The molecule has 1 aliphatic rings. The first kappa shape index (κ1) is 13.7. The number of aliphatic carboxylic acids is 1. The van der Waals surface area contributed by atoms with E-state index >= 15 is 0 Å². The van der Waals surface area contributed by atoms with E-state index < -0.39 is 5.97 Å². The molecular formula is C17H18N2O2. The molecule has 0 bridgehead atoms. The molecule has 1 heterocycles. The van der Waals surface area contributed by atoms with Gasteiger partial charge in [0.2, 0.25) is 0 Å². The molecule has 108 valence electrons. The molecule has 4 heteroatoms. The first-order valence-corrected chi connectivity index (χ1v) is 7.39. The van der Waals surface area contributed by atoms with Gasteiger partial charge in [0.05, 0.1) is 17.6 Å². The van der Waals surface area contributed by atoms with Gasteiger partial charge in [-0.15, -0.1) is 0 Å². The zero-order chi connectivity index (χ0) is 14.8. The first-order valence-electron chi connectivity index (χ1n) is 7.39. The van der Waals surface area contributed by atoms with Crippen molar-refractivity contribution in [1.82, 2.24) is 4.57 Å². The number of hydrogen-bond acceptors (Lipinski definition) is 2. The van der Waals surface area contributed by atoms with Crippen LogP contribution in [0.15, 0.2) is 30.5 Å². The summed E-state index contributed by atoms with van der Waals surface area (Å²) in [5, 5.41) is 19.2. The number of aromatic nitrogens is 1. The van der Waals surface area contributed by atoms with Gasteiger partial charge in [-0.3, -0.25) is 4.79 Å². The molecule has 1 N–H and O–H groups in total. The molecular weight excluding hydrogens is 264 g/mol. The van der Waals surface area contributed by atoms with Crippen molar-refractivity contribution in [1.29, 1.82) is 5.26 Å². The second-order valence-corrected chi connectivity index (χ2v) is 5.91. The Hall–Kier alpha value is -2.28. The Morgan fingerprint density at radius 2 is 2.05 bits per heavy atom. The van der Waals surface area contributed by atoms with Crippen molar-refractivity contribution in [2.75, 3.05) is 0 Å². The van der Waals surface area contributed by atoms with E-state index in [1.807, 2.05) is 18.2 Å². The van der Waals surface area contributed by atoms with E-state index in [1.165, 1.54) is 0 Å². The van der Waals surface area contributed by atoms with Gasteiger partial charge in [0.25, 0.3) is 0 Å². The van der Waals surface area contributed by atoms with Crippen molar-refractivity contribution in [3.05, 3.63) is 36.0 Å². The number of hydrogen-bond donors (Lipinski definition) is 1. The second-order valence-electron chi connectivity index (χ2n) is 5.91. The predicted octanol–water partition coefficient (Wildman–Crippen LogP) is 3.40. The molecule has 1 aromatic heterocycles. The van der Waals surface area contributed by atoms with Crippen LogP contribution in [0.5, 0.6) is 0 Å². The van der Waals surface area contributed by atoms with Gasteiger partial charge in [-0.2, -0.15) is 5.26 Å². The fourth-order valence-corrected chi connectivity index (χ4v) is 3.28. The number of fused-ring (bicyclic) bond motifs is 1. The first-order chi connectivity index (χ1) is 10.2. The number of carbonyl (C=O) groups is 1. The molecule has 0 atom stereocenters. The molecule has 1 saturated carbocycles. The summed E-state index contributed by atoms with van der Waals surface area (Å²) in [5.41, 5.74) is 1.77. The second kappa shape index (κ2) is 5.61. The Morgan fingerprint density at radius 3 is 2.71 bits per heavy atom. The molecule has 0 saturated heterocycles. The van der Waals surface area contributed by atoms with Gasteiger partial charge in [-0.25, -0.2) is 0 Å². The summed E-state index contributed by atoms with van der Waals surface area (Å²) >= 11 is 0. The summed E-state index contributed by atoms with van der Waals surface area (Å²) < 4.78 is 2.20. The standard InChI is InChI=1S/C17H18N2O2/c18-10-13-3-4-14-7-8-19(16(14)9-13)11-12-1-5-15(6-2-12)17(20)21/h3-4,7-9,12,15H,1-2,5-6,11H2,(H,20,21). The van der Waals surface area contributed by atoms with Crippen molar-refractivity contribution in [3.8, 4) is 6.07 Å². The molecule has 3 rings (SSSR count). The summed E-state index contributed by atoms with van der Waals surface area (Å²) in [6.45, 7) is 0.907. The third kappa shape index (κ3) is 2.78. The Kier molecular flexibility index (Phi) is 3.66. The fourth-order valence-electron chi connectivity index (χ4n) is 3.28. The minimum absolute atomic E-state index is 0.159. The Labute approximate surface area is 123 Å². The summed E-state index contributed by atoms with van der Waals surface area (Å²) in [6, 6.07) is 9.99. The van der Waals surface area contributed by atoms with E-state index in [9.17, 15) is 4.79 Å². The van der Waals surface area contributed by atoms with Crippen LogP contribution < -0.4 is 0 Å². The fraction of sp³-hybridized carbons (Fsp3) is 0.412. The molecule has 4 nitrogen and oxygen atoms in total. The monoisotopic (exact) mass is 282 g/mol. The van der Waals surface area contributed by atoms with Gasteiger partial charge in [0.15, 0.2) is 0 Å². The van der Waals surface area contributed by atoms with E-state index in [4.69, 9.17) is 10.4 Å². The minimum atomic E-state index is -0.654. The number of rotatable bonds is 3. The number of carboxylic acids is 1. The van der Waals surface area contributed by atoms with E-state index in [0.29, 0.717) is 11.5 Å². The number of nitrogens with zero attached hydrogens (tertiary/aromatic N) is 2. The van der Waals surface area contributed by atoms with Crippen LogP contribution in [0.25, 0.3) is 10.9 Å². The Bertz CT molecular complexity index is 703. The molecule has 0 radical (unpaired) electrons. The Morgan fingerprint density at radius 1 is 1.29 bits per heavy atom. The van der Waals surface area contributed by atoms with Crippen LogP contribution in [0.2, 0.25) is 0 Å². The summed E-state index contributed by atoms with van der Waals surface area (Å²) in [4.78, 5) is 11.0. The molecule has 1 aliphatic carbocycles. The van der Waals surface area contributed by atoms with E-state index in [0.717, 1.165) is 43.1 Å². The molecule has 21 heavy (non-hydrogen) atoms. The van der Waals surface area contributed by atoms with E-state index in [2.05, 4.69) is 22.9 Å². The van der Waals surface area contributed by atoms with Crippen LogP contribution in [-0.2, 0) is 11.3 Å². The summed E-state index contributed by atoms with van der Waals surface area (Å²) in [5.74, 6) is -0.284. The molecule has 0 spiro atoms. The third-order valence-electron chi connectivity index (χ3n) is 4.55. The van der Waals surface area contributed by atoms with Gasteiger partial charge >= 0.3 is 5.97 Å². The maximum atomic E-state index is 11.0. The highest BCUT2D eigenvalue weighted by molar-refractivity contribution is 5.81. The van der Waals surface area contributed by atoms with Gasteiger partial charge in [0, 0.05) is 18.3 Å². The van der Waals surface area contributed by atoms with Crippen LogP contribution in [-0.4, -0.2) is 15.6 Å². The lowest BCUT2D eigenvalue weighted by molar-refractivity contribution is -0.143. The highest BCUT2D eigenvalue weighted by Gasteiger charge is 2.26. The predicted molar refractivity (Wildman–Crippen MR) is 79.7 cm³/mol. The quantitative estimate of drug-likeness (QED) is 0.938. The average Bonchev–Trinajstić information content (AvgIpc) is 2.90. The molecule has 2 aromatic rings. The minimum Gasteiger partial charge on any atom is -0.481 e. The number of benzene rings is 1. The molecule has 0 amide bonds. The van der Waals surface area contributed by atoms with Crippen LogP contribution in [0.1, 0.15) is 31.2 Å². The lowest BCUT2D eigenvalue weighted by atomic mass is 9.82. The highest BCUT2D eigenvalue weighted by Crippen LogP contribution is 2.31. The third-order valence-corrected chi connectivity index (χ3v) is 4.55. The SMILES string of the molecule is N#Cc1ccc2ccn(CC3CCC(C(=O)O)CC3)c2c1. The highest BCUT2D eigenvalue weighted by atomic mass is 16.4. The van der Waals surface area contributed by atoms with Gasteiger partial charge in [-0.05, 0) is 55.2 Å². The maximum Gasteiger partial charge on any atom is 0.306 e. The lowest BCUT2D eigenvalue weighted by Crippen LogP contribution is -2.23. The van der Waals surface area contributed by atoms with Crippen molar-refractivity contribution in [2.24, 2.45) is 11.8 Å². The van der Waals surface area contributed by atoms with Gasteiger partial charge in [0.1, 0.15) is 0 Å². The number of nitriles is 1. The zero-order valence-electron chi connectivity index (χ0n) is 11.8. The van der Waals surface area contributed by atoms with Crippen molar-refractivity contribution in [2.45, 2.75) is 32.2 Å². The largest absolute Gasteiger partial charge is 0.481 e. The summed E-state index contributed by atoms with van der Waals surface area (Å²) in [7, 11) is 0. The van der Waals surface area contributed by atoms with Crippen molar-refractivity contribution in [3.63, 3.8) is 0 Å². The topological polar surface area (TPSA) is 66.0 Å². The van der Waals surface area contributed by atoms with E-state index in [-0.39, 0.29) is 5.92 Å². The van der Waals surface area contributed by atoms with Gasteiger partial charge < -0.3 is 9.67 Å². The van der Waals surface area contributed by atoms with E-state index in [1.54, 1.807) is 0 Å².